The summed E-state index contributed by atoms with van der Waals surface area (Å²) in [6.45, 7) is 0.625. The summed E-state index contributed by atoms with van der Waals surface area (Å²) >= 11 is 5.42. The molecule has 3 saturated heterocycles. The van der Waals surface area contributed by atoms with E-state index in [1.54, 1.807) is 23.7 Å². The lowest BCUT2D eigenvalue weighted by Crippen LogP contribution is -2.53. The topological polar surface area (TPSA) is 98.7 Å². The van der Waals surface area contributed by atoms with Gasteiger partial charge in [-0.1, -0.05) is 59.1 Å². The van der Waals surface area contributed by atoms with Crippen LogP contribution in [0.4, 0.5) is 5.69 Å². The molecule has 36 heavy (non-hydrogen) atoms. The van der Waals surface area contributed by atoms with E-state index in [0.717, 1.165) is 36.5 Å². The largest absolute Gasteiger partial charge is 0.396 e. The molecule has 5 rings (SSSR count). The zero-order valence-electron chi connectivity index (χ0n) is 20.3. The number of halogens is 1. The van der Waals surface area contributed by atoms with Gasteiger partial charge in [0.2, 0.25) is 17.7 Å². The third-order valence-corrected chi connectivity index (χ3v) is 11.1. The highest BCUT2D eigenvalue weighted by molar-refractivity contribution is 9.09. The molecule has 0 aromatic heterocycles. The number of likely N-dealkylation sites (tertiary alicyclic amines) is 1. The van der Waals surface area contributed by atoms with Gasteiger partial charge in [-0.05, 0) is 42.2 Å². The quantitative estimate of drug-likeness (QED) is 0.315. The number of fused-ring (bicyclic) bond motifs is 2. The fraction of sp³-hybridized carbons (Fsp3) is 0.519. The molecule has 3 N–H and O–H groups in total. The van der Waals surface area contributed by atoms with E-state index >= 15 is 0 Å². The summed E-state index contributed by atoms with van der Waals surface area (Å²) in [5, 5.41) is 17.0. The number of unbranched alkanes of at least 4 members (excludes halogenated alkanes) is 3. The molecule has 2 aromatic rings. The van der Waals surface area contributed by atoms with Crippen LogP contribution in [0.1, 0.15) is 32.1 Å². The van der Waals surface area contributed by atoms with Crippen LogP contribution >= 0.6 is 27.7 Å². The molecule has 3 fully saturated rings. The maximum atomic E-state index is 14.0. The van der Waals surface area contributed by atoms with E-state index in [1.807, 2.05) is 42.5 Å². The second-order valence-electron chi connectivity index (χ2n) is 10.00. The van der Waals surface area contributed by atoms with Crippen molar-refractivity contribution in [1.82, 2.24) is 10.2 Å². The van der Waals surface area contributed by atoms with Crippen molar-refractivity contribution in [3.8, 4) is 0 Å². The molecule has 192 valence electrons. The van der Waals surface area contributed by atoms with E-state index in [0.29, 0.717) is 18.7 Å². The van der Waals surface area contributed by atoms with Gasteiger partial charge in [-0.2, -0.15) is 0 Å². The number of hydrogen-bond donors (Lipinski definition) is 3. The minimum atomic E-state index is -0.649. The average molecular weight is 575 g/mol. The molecule has 7 nitrogen and oxygen atoms in total. The van der Waals surface area contributed by atoms with Crippen LogP contribution in [0.2, 0.25) is 0 Å². The predicted molar refractivity (Wildman–Crippen MR) is 146 cm³/mol. The Morgan fingerprint density at radius 1 is 1.11 bits per heavy atom. The minimum absolute atomic E-state index is 0.0402. The predicted octanol–water partition coefficient (Wildman–Crippen LogP) is 3.54. The molecule has 3 heterocycles. The van der Waals surface area contributed by atoms with Gasteiger partial charge in [-0.25, -0.2) is 0 Å². The van der Waals surface area contributed by atoms with Gasteiger partial charge in [0.05, 0.1) is 16.6 Å². The Labute approximate surface area is 223 Å². The van der Waals surface area contributed by atoms with Crippen molar-refractivity contribution < 1.29 is 19.5 Å². The Kier molecular flexibility index (Phi) is 7.34. The van der Waals surface area contributed by atoms with Crippen LogP contribution in [0.3, 0.4) is 0 Å². The molecule has 0 radical (unpaired) electrons. The summed E-state index contributed by atoms with van der Waals surface area (Å²) in [5.41, 5.74) is 0.699. The number of thioether (sulfide) groups is 1. The van der Waals surface area contributed by atoms with Crippen molar-refractivity contribution >= 4 is 61.9 Å². The highest BCUT2D eigenvalue weighted by Gasteiger charge is 2.75. The SMILES string of the molecule is CNC(=O)[C@H]1[C@H]2C(=O)N(CCCCCCO)C(C(=O)Nc3ccc4ccccc4c3)C23CC(Br)[C@@H]1S3. The molecule has 3 aliphatic rings. The number of aliphatic hydroxyl groups is 1. The van der Waals surface area contributed by atoms with Crippen LogP contribution in [0.5, 0.6) is 0 Å². The maximum Gasteiger partial charge on any atom is 0.248 e. The van der Waals surface area contributed by atoms with Crippen molar-refractivity contribution in [3.63, 3.8) is 0 Å². The summed E-state index contributed by atoms with van der Waals surface area (Å²) in [5.74, 6) is -1.37. The number of aliphatic hydroxyl groups excluding tert-OH is 1. The zero-order valence-corrected chi connectivity index (χ0v) is 22.7. The number of rotatable bonds is 9. The molecule has 9 heteroatoms. The molecule has 1 spiro atoms. The first-order valence-corrected chi connectivity index (χ1v) is 14.5. The van der Waals surface area contributed by atoms with Crippen LogP contribution in [-0.2, 0) is 14.4 Å². The first-order valence-electron chi connectivity index (χ1n) is 12.7. The lowest BCUT2D eigenvalue weighted by molar-refractivity contribution is -0.139. The lowest BCUT2D eigenvalue weighted by Gasteiger charge is -2.35. The summed E-state index contributed by atoms with van der Waals surface area (Å²) < 4.78 is -0.640. The highest BCUT2D eigenvalue weighted by atomic mass is 79.9. The van der Waals surface area contributed by atoms with Gasteiger partial charge in [-0.15, -0.1) is 11.8 Å². The van der Waals surface area contributed by atoms with Crippen LogP contribution in [0.25, 0.3) is 10.8 Å². The van der Waals surface area contributed by atoms with E-state index in [1.165, 1.54) is 0 Å². The summed E-state index contributed by atoms with van der Waals surface area (Å²) in [7, 11) is 1.61. The maximum absolute atomic E-state index is 14.0. The summed E-state index contributed by atoms with van der Waals surface area (Å²) in [6, 6.07) is 13.2. The third-order valence-electron chi connectivity index (χ3n) is 7.91. The van der Waals surface area contributed by atoms with Gasteiger partial charge in [-0.3, -0.25) is 14.4 Å². The molecule has 3 unspecified atom stereocenters. The summed E-state index contributed by atoms with van der Waals surface area (Å²) in [6.07, 6.45) is 3.90. The summed E-state index contributed by atoms with van der Waals surface area (Å²) in [4.78, 5) is 42.6. The first kappa shape index (κ1) is 25.5. The van der Waals surface area contributed by atoms with Crippen LogP contribution in [0.15, 0.2) is 42.5 Å². The molecule has 3 aliphatic heterocycles. The number of alkyl halides is 1. The zero-order chi connectivity index (χ0) is 25.4. The Morgan fingerprint density at radius 2 is 1.86 bits per heavy atom. The number of carbonyl (C=O) groups is 3. The van der Waals surface area contributed by atoms with E-state index < -0.39 is 22.6 Å². The lowest BCUT2D eigenvalue weighted by atomic mass is 9.70. The van der Waals surface area contributed by atoms with E-state index in [4.69, 9.17) is 5.11 Å². The normalized spacial score (nSPS) is 30.6. The first-order chi connectivity index (χ1) is 17.4. The van der Waals surface area contributed by atoms with Crippen LogP contribution < -0.4 is 10.6 Å². The van der Waals surface area contributed by atoms with Gasteiger partial charge >= 0.3 is 0 Å². The molecular formula is C27H32BrN3O4S. The van der Waals surface area contributed by atoms with Crippen molar-refractivity contribution in [2.45, 2.75) is 53.0 Å². The van der Waals surface area contributed by atoms with Crippen LogP contribution in [-0.4, -0.2) is 68.8 Å². The number of hydrogen-bond acceptors (Lipinski definition) is 5. The van der Waals surface area contributed by atoms with Crippen LogP contribution in [0, 0.1) is 11.8 Å². The fourth-order valence-electron chi connectivity index (χ4n) is 6.36. The monoisotopic (exact) mass is 573 g/mol. The van der Waals surface area contributed by atoms with Gasteiger partial charge in [0, 0.05) is 36.0 Å². The third kappa shape index (κ3) is 4.23. The number of benzene rings is 2. The number of nitrogens with one attached hydrogen (secondary N) is 2. The fourth-order valence-corrected chi connectivity index (χ4v) is 9.98. The van der Waals surface area contributed by atoms with Gasteiger partial charge < -0.3 is 20.6 Å². The number of amides is 3. The van der Waals surface area contributed by atoms with E-state index in [-0.39, 0.29) is 34.4 Å². The Morgan fingerprint density at radius 3 is 2.61 bits per heavy atom. The molecule has 3 amide bonds. The Bertz CT molecular complexity index is 1180. The van der Waals surface area contributed by atoms with Crippen molar-refractivity contribution in [3.05, 3.63) is 42.5 Å². The smallest absolute Gasteiger partial charge is 0.248 e. The van der Waals surface area contributed by atoms with E-state index in [2.05, 4.69) is 26.6 Å². The average Bonchev–Trinajstić information content (AvgIpc) is 3.46. The minimum Gasteiger partial charge on any atom is -0.396 e. The molecular weight excluding hydrogens is 542 g/mol. The molecule has 2 bridgehead atoms. The number of carbonyl (C=O) groups excluding carboxylic acids is 3. The van der Waals surface area contributed by atoms with Gasteiger partial charge in [0.15, 0.2) is 0 Å². The second-order valence-corrected chi connectivity index (χ2v) is 12.7. The highest BCUT2D eigenvalue weighted by Crippen LogP contribution is 2.67. The molecule has 2 aromatic carbocycles. The van der Waals surface area contributed by atoms with Crippen molar-refractivity contribution in [1.29, 1.82) is 0 Å². The Hall–Kier alpha value is -2.10. The number of anilines is 1. The van der Waals surface area contributed by atoms with E-state index in [9.17, 15) is 14.4 Å². The second kappa shape index (κ2) is 10.3. The molecule has 6 atom stereocenters. The van der Waals surface area contributed by atoms with Gasteiger partial charge in [0.1, 0.15) is 6.04 Å². The molecule has 0 saturated carbocycles. The Balaban J connectivity index is 1.45. The standard InChI is InChI=1S/C27H32BrN3O4S/c1-29-24(33)20-21-26(35)31(12-6-2-3-7-13-32)23(27(21)15-19(28)22(20)36-27)25(34)30-18-11-10-16-8-4-5-9-17(16)14-18/h4-5,8-11,14,19-23,32H,2-3,6-7,12-13,15H2,1H3,(H,29,33)(H,30,34)/t19?,20-,21-,22-,23?,27?/m0/s1. The number of nitrogens with zero attached hydrogens (tertiary/aromatic N) is 1. The van der Waals surface area contributed by atoms with Crippen molar-refractivity contribution in [2.24, 2.45) is 11.8 Å². The molecule has 0 aliphatic carbocycles. The van der Waals surface area contributed by atoms with Crippen molar-refractivity contribution in [2.75, 3.05) is 25.5 Å². The van der Waals surface area contributed by atoms with Gasteiger partial charge in [0.25, 0.3) is 0 Å².